The van der Waals surface area contributed by atoms with Gasteiger partial charge in [0.05, 0.1) is 0 Å². The molecule has 106 valence electrons. The minimum Gasteiger partial charge on any atom is -0.399 e. The van der Waals surface area contributed by atoms with E-state index in [4.69, 9.17) is 5.73 Å². The standard InChI is InChI=1S/C15H24N2OS/c1-11(2)10-19-8-4-5-15(18)17-14-9-13(16)7-6-12(14)3/h6-7,9,11H,4-5,8,10,16H2,1-3H3,(H,17,18). The third-order valence-corrected chi connectivity index (χ3v) is 4.16. The molecular formula is C15H24N2OS. The highest BCUT2D eigenvalue weighted by Crippen LogP contribution is 2.18. The van der Waals surface area contributed by atoms with Gasteiger partial charge in [-0.2, -0.15) is 11.8 Å². The van der Waals surface area contributed by atoms with Crippen molar-refractivity contribution in [2.45, 2.75) is 33.6 Å². The average Bonchev–Trinajstić information content (AvgIpc) is 2.33. The van der Waals surface area contributed by atoms with Crippen molar-refractivity contribution in [2.75, 3.05) is 22.6 Å². The number of carbonyl (C=O) groups excluding carboxylic acids is 1. The Morgan fingerprint density at radius 3 is 2.84 bits per heavy atom. The molecule has 0 heterocycles. The summed E-state index contributed by atoms with van der Waals surface area (Å²) in [6, 6.07) is 5.57. The summed E-state index contributed by atoms with van der Waals surface area (Å²) >= 11 is 1.92. The van der Waals surface area contributed by atoms with Crippen LogP contribution in [0.4, 0.5) is 11.4 Å². The Bertz CT molecular complexity index is 419. The minimum absolute atomic E-state index is 0.0684. The Kier molecular flexibility index (Phi) is 6.78. The number of thioether (sulfide) groups is 1. The fraction of sp³-hybridized carbons (Fsp3) is 0.533. The van der Waals surface area contributed by atoms with Gasteiger partial charge in [-0.1, -0.05) is 19.9 Å². The summed E-state index contributed by atoms with van der Waals surface area (Å²) in [6.45, 7) is 6.39. The SMILES string of the molecule is Cc1ccc(N)cc1NC(=O)CCCSCC(C)C. The van der Waals surface area contributed by atoms with Crippen LogP contribution in [0.25, 0.3) is 0 Å². The number of hydrogen-bond donors (Lipinski definition) is 2. The predicted octanol–water partition coefficient (Wildman–Crippen LogP) is 3.69. The zero-order valence-corrected chi connectivity index (χ0v) is 12.8. The van der Waals surface area contributed by atoms with Gasteiger partial charge in [0, 0.05) is 17.8 Å². The molecule has 0 aromatic heterocycles. The number of nitrogens with two attached hydrogens (primary N) is 1. The van der Waals surface area contributed by atoms with E-state index in [-0.39, 0.29) is 5.91 Å². The van der Waals surface area contributed by atoms with Gasteiger partial charge in [0.25, 0.3) is 0 Å². The third-order valence-electron chi connectivity index (χ3n) is 2.68. The van der Waals surface area contributed by atoms with E-state index in [1.54, 1.807) is 6.07 Å². The highest BCUT2D eigenvalue weighted by atomic mass is 32.2. The van der Waals surface area contributed by atoms with Crippen LogP contribution in [0.15, 0.2) is 18.2 Å². The molecule has 1 aromatic rings. The van der Waals surface area contributed by atoms with Crippen molar-refractivity contribution >= 4 is 29.0 Å². The molecule has 0 fully saturated rings. The summed E-state index contributed by atoms with van der Waals surface area (Å²) in [5, 5.41) is 2.92. The number of amides is 1. The van der Waals surface area contributed by atoms with Crippen molar-refractivity contribution < 1.29 is 4.79 Å². The fourth-order valence-corrected chi connectivity index (χ4v) is 2.63. The molecule has 0 unspecified atom stereocenters. The van der Waals surface area contributed by atoms with E-state index >= 15 is 0 Å². The fourth-order valence-electron chi connectivity index (χ4n) is 1.64. The van der Waals surface area contributed by atoms with E-state index in [0.29, 0.717) is 18.0 Å². The predicted molar refractivity (Wildman–Crippen MR) is 85.6 cm³/mol. The second kappa shape index (κ2) is 8.10. The number of aryl methyl sites for hydroxylation is 1. The largest absolute Gasteiger partial charge is 0.399 e. The summed E-state index contributed by atoms with van der Waals surface area (Å²) in [7, 11) is 0. The Hall–Kier alpha value is -1.16. The molecule has 0 saturated heterocycles. The lowest BCUT2D eigenvalue weighted by Gasteiger charge is -2.09. The van der Waals surface area contributed by atoms with Gasteiger partial charge in [-0.3, -0.25) is 4.79 Å². The number of rotatable bonds is 7. The molecule has 0 atom stereocenters. The summed E-state index contributed by atoms with van der Waals surface area (Å²) in [5.74, 6) is 2.99. The zero-order chi connectivity index (χ0) is 14.3. The molecule has 0 aliphatic heterocycles. The van der Waals surface area contributed by atoms with Gasteiger partial charge < -0.3 is 11.1 Å². The van der Waals surface area contributed by atoms with Gasteiger partial charge in [-0.15, -0.1) is 0 Å². The lowest BCUT2D eigenvalue weighted by atomic mass is 10.1. The van der Waals surface area contributed by atoms with Crippen molar-refractivity contribution in [3.63, 3.8) is 0 Å². The molecule has 0 radical (unpaired) electrons. The van der Waals surface area contributed by atoms with Crippen molar-refractivity contribution in [2.24, 2.45) is 5.92 Å². The second-order valence-corrected chi connectivity index (χ2v) is 6.34. The number of hydrogen-bond acceptors (Lipinski definition) is 3. The molecular weight excluding hydrogens is 256 g/mol. The molecule has 0 spiro atoms. The number of anilines is 2. The summed E-state index contributed by atoms with van der Waals surface area (Å²) in [4.78, 5) is 11.8. The molecule has 1 amide bonds. The van der Waals surface area contributed by atoms with Crippen LogP contribution in [-0.4, -0.2) is 17.4 Å². The van der Waals surface area contributed by atoms with E-state index < -0.39 is 0 Å². The van der Waals surface area contributed by atoms with Crippen LogP contribution in [0.2, 0.25) is 0 Å². The van der Waals surface area contributed by atoms with Gasteiger partial charge in [-0.25, -0.2) is 0 Å². The lowest BCUT2D eigenvalue weighted by Crippen LogP contribution is -2.12. The second-order valence-electron chi connectivity index (χ2n) is 5.19. The lowest BCUT2D eigenvalue weighted by molar-refractivity contribution is -0.116. The van der Waals surface area contributed by atoms with Gasteiger partial charge in [-0.05, 0) is 48.5 Å². The molecule has 0 aliphatic rings. The monoisotopic (exact) mass is 280 g/mol. The Morgan fingerprint density at radius 2 is 2.16 bits per heavy atom. The number of nitrogen functional groups attached to an aromatic ring is 1. The van der Waals surface area contributed by atoms with Crippen molar-refractivity contribution in [1.29, 1.82) is 0 Å². The van der Waals surface area contributed by atoms with Crippen LogP contribution < -0.4 is 11.1 Å². The van der Waals surface area contributed by atoms with E-state index in [9.17, 15) is 4.79 Å². The average molecular weight is 280 g/mol. The topological polar surface area (TPSA) is 55.1 Å². The number of benzene rings is 1. The number of carbonyl (C=O) groups is 1. The quantitative estimate of drug-likeness (QED) is 0.591. The normalized spacial score (nSPS) is 10.7. The summed E-state index contributed by atoms with van der Waals surface area (Å²) in [6.07, 6.45) is 1.49. The molecule has 4 heteroatoms. The molecule has 3 N–H and O–H groups in total. The van der Waals surface area contributed by atoms with E-state index in [2.05, 4.69) is 19.2 Å². The highest BCUT2D eigenvalue weighted by Gasteiger charge is 2.05. The first-order valence-electron chi connectivity index (χ1n) is 6.72. The number of nitrogens with one attached hydrogen (secondary N) is 1. The first-order valence-corrected chi connectivity index (χ1v) is 7.88. The molecule has 1 aromatic carbocycles. The van der Waals surface area contributed by atoms with Crippen molar-refractivity contribution in [3.8, 4) is 0 Å². The first-order chi connectivity index (χ1) is 8.99. The molecule has 0 aliphatic carbocycles. The maximum Gasteiger partial charge on any atom is 0.224 e. The van der Waals surface area contributed by atoms with Crippen LogP contribution in [0.3, 0.4) is 0 Å². The van der Waals surface area contributed by atoms with Crippen LogP contribution in [0.1, 0.15) is 32.3 Å². The maximum atomic E-state index is 11.8. The maximum absolute atomic E-state index is 11.8. The van der Waals surface area contributed by atoms with E-state index in [1.807, 2.05) is 30.8 Å². The molecule has 19 heavy (non-hydrogen) atoms. The third kappa shape index (κ3) is 6.53. The van der Waals surface area contributed by atoms with Gasteiger partial charge in [0.15, 0.2) is 0 Å². The van der Waals surface area contributed by atoms with Crippen LogP contribution in [-0.2, 0) is 4.79 Å². The molecule has 0 bridgehead atoms. The first kappa shape index (κ1) is 15.9. The Balaban J connectivity index is 2.29. The minimum atomic E-state index is 0.0684. The van der Waals surface area contributed by atoms with Crippen molar-refractivity contribution in [1.82, 2.24) is 0 Å². The smallest absolute Gasteiger partial charge is 0.224 e. The Morgan fingerprint density at radius 1 is 1.42 bits per heavy atom. The Labute approximate surface area is 120 Å². The van der Waals surface area contributed by atoms with Crippen LogP contribution >= 0.6 is 11.8 Å². The molecule has 0 saturated carbocycles. The van der Waals surface area contributed by atoms with Gasteiger partial charge in [0.1, 0.15) is 0 Å². The zero-order valence-electron chi connectivity index (χ0n) is 12.0. The van der Waals surface area contributed by atoms with Crippen LogP contribution in [0.5, 0.6) is 0 Å². The van der Waals surface area contributed by atoms with E-state index in [0.717, 1.165) is 29.2 Å². The van der Waals surface area contributed by atoms with Gasteiger partial charge >= 0.3 is 0 Å². The summed E-state index contributed by atoms with van der Waals surface area (Å²) < 4.78 is 0. The van der Waals surface area contributed by atoms with Crippen molar-refractivity contribution in [3.05, 3.63) is 23.8 Å². The molecule has 1 rings (SSSR count). The van der Waals surface area contributed by atoms with Gasteiger partial charge in [0.2, 0.25) is 5.91 Å². The molecule has 3 nitrogen and oxygen atoms in total. The highest BCUT2D eigenvalue weighted by molar-refractivity contribution is 7.99. The van der Waals surface area contributed by atoms with E-state index in [1.165, 1.54) is 0 Å². The summed E-state index contributed by atoms with van der Waals surface area (Å²) in [5.41, 5.74) is 8.25. The van der Waals surface area contributed by atoms with Crippen LogP contribution in [0, 0.1) is 12.8 Å².